The van der Waals surface area contributed by atoms with Crippen LogP contribution in [0.15, 0.2) is 37.4 Å². The summed E-state index contributed by atoms with van der Waals surface area (Å²) in [6, 6.07) is 0. The van der Waals surface area contributed by atoms with Crippen LogP contribution in [0.25, 0.3) is 0 Å². The van der Waals surface area contributed by atoms with Crippen molar-refractivity contribution < 1.29 is 46.0 Å². The van der Waals surface area contributed by atoms with Crippen molar-refractivity contribution in [3.05, 3.63) is 37.4 Å². The van der Waals surface area contributed by atoms with Gasteiger partial charge in [0.05, 0.1) is 12.7 Å². The minimum atomic E-state index is -1.62. The number of aliphatic hydroxyl groups excluding tert-OH is 1. The molecule has 0 saturated carbocycles. The molecule has 24 heavy (non-hydrogen) atoms. The number of carbonyl (C=O) groups is 2. The Morgan fingerprint density at radius 2 is 1.46 bits per heavy atom. The number of rotatable bonds is 5. The molecule has 0 aromatic carbocycles. The number of aromatic nitrogens is 4. The minimum Gasteiger partial charge on any atom is -0.565 e. The summed E-state index contributed by atoms with van der Waals surface area (Å²) in [4.78, 5) is 27.4. The van der Waals surface area contributed by atoms with E-state index in [9.17, 15) is 9.59 Å². The average Bonchev–Trinajstić information content (AvgIpc) is 3.21. The van der Waals surface area contributed by atoms with Crippen molar-refractivity contribution in [3.8, 4) is 0 Å². The zero-order chi connectivity index (χ0) is 17.7. The number of aliphatic hydroxyl groups is 1. The van der Waals surface area contributed by atoms with Gasteiger partial charge < -0.3 is 24.5 Å². The van der Waals surface area contributed by atoms with Crippen molar-refractivity contribution >= 4 is 11.9 Å². The van der Waals surface area contributed by atoms with E-state index >= 15 is 0 Å². The van der Waals surface area contributed by atoms with Crippen LogP contribution in [-0.2, 0) is 43.7 Å². The molecule has 9 nitrogen and oxygen atoms in total. The van der Waals surface area contributed by atoms with Crippen LogP contribution in [0.2, 0.25) is 0 Å². The van der Waals surface area contributed by atoms with E-state index in [-0.39, 0.29) is 21.1 Å². The molecule has 0 fully saturated rings. The van der Waals surface area contributed by atoms with Crippen LogP contribution in [0.4, 0.5) is 0 Å². The smallest absolute Gasteiger partial charge is 0.565 e. The summed E-state index contributed by atoms with van der Waals surface area (Å²) >= 11 is 0. The van der Waals surface area contributed by atoms with Crippen LogP contribution in [0.1, 0.15) is 20.3 Å². The summed E-state index contributed by atoms with van der Waals surface area (Å²) in [5, 5.41) is 20.9. The van der Waals surface area contributed by atoms with Crippen molar-refractivity contribution in [2.75, 3.05) is 0 Å². The Bertz CT molecular complexity index is 511. The SMILES string of the molecule is CCn1ccnc1.CCn1ccnc1.O=C([OH2+])CC(O)C(=O)[OH2+].[Pt+2]. The van der Waals surface area contributed by atoms with Gasteiger partial charge in [0, 0.05) is 47.5 Å². The normalized spacial score (nSPS) is 10.1. The van der Waals surface area contributed by atoms with E-state index in [1.807, 2.05) is 21.5 Å². The molecule has 1 atom stereocenters. The predicted octanol–water partition coefficient (Wildman–Crippen LogP) is -0.957. The molecule has 0 bridgehead atoms. The van der Waals surface area contributed by atoms with Crippen molar-refractivity contribution in [1.29, 1.82) is 0 Å². The average molecular weight is 523 g/mol. The first-order valence-electron chi connectivity index (χ1n) is 7.00. The summed E-state index contributed by atoms with van der Waals surface area (Å²) in [5.74, 6) is -2.27. The van der Waals surface area contributed by atoms with Gasteiger partial charge in [0.15, 0.2) is 0 Å². The van der Waals surface area contributed by atoms with Crippen LogP contribution >= 0.6 is 0 Å². The molecule has 1 unspecified atom stereocenters. The summed E-state index contributed by atoms with van der Waals surface area (Å²) in [6.45, 7) is 6.20. The summed E-state index contributed by atoms with van der Waals surface area (Å²) in [7, 11) is 0. The van der Waals surface area contributed by atoms with E-state index in [0.717, 1.165) is 13.1 Å². The molecule has 2 rings (SSSR count). The quantitative estimate of drug-likeness (QED) is 0.504. The third-order valence-corrected chi connectivity index (χ3v) is 2.53. The minimum absolute atomic E-state index is 0. The van der Waals surface area contributed by atoms with Gasteiger partial charge in [0.2, 0.25) is 6.10 Å². The first kappa shape index (κ1) is 24.3. The van der Waals surface area contributed by atoms with Crippen molar-refractivity contribution in [1.82, 2.24) is 19.1 Å². The van der Waals surface area contributed by atoms with Gasteiger partial charge in [-0.3, -0.25) is 0 Å². The van der Waals surface area contributed by atoms with E-state index < -0.39 is 24.5 Å². The first-order chi connectivity index (χ1) is 10.9. The number of aryl methyl sites for hydroxylation is 2. The van der Waals surface area contributed by atoms with Gasteiger partial charge >= 0.3 is 33.0 Å². The summed E-state index contributed by atoms with van der Waals surface area (Å²) in [6.07, 6.45) is 8.87. The third-order valence-electron chi connectivity index (χ3n) is 2.53. The van der Waals surface area contributed by atoms with Gasteiger partial charge in [0.1, 0.15) is 6.42 Å². The standard InChI is InChI=1S/2C5H8N2.C4H6O5.Pt/c2*1-2-7-4-3-6-5-7;5-2(4(8)9)1-3(6)7;/h2*3-5H,2H2,1H3;2,5H,1H2,(H,6,7)(H,8,9);/q;;;+2/p+2. The maximum absolute atomic E-state index is 9.86. The van der Waals surface area contributed by atoms with E-state index in [0.29, 0.717) is 0 Å². The second-order valence-electron chi connectivity index (χ2n) is 4.29. The molecule has 0 aliphatic heterocycles. The molecule has 0 aliphatic rings. The molecule has 0 amide bonds. The topological polar surface area (TPSA) is 136 Å². The van der Waals surface area contributed by atoms with Gasteiger partial charge in [-0.15, -0.1) is 0 Å². The molecule has 0 saturated heterocycles. The molecular weight excluding hydrogens is 499 g/mol. The van der Waals surface area contributed by atoms with Crippen LogP contribution in [-0.4, -0.2) is 52.5 Å². The summed E-state index contributed by atoms with van der Waals surface area (Å²) in [5.41, 5.74) is 0. The Hall–Kier alpha value is -1.99. The first-order valence-corrected chi connectivity index (χ1v) is 7.00. The van der Waals surface area contributed by atoms with E-state index in [2.05, 4.69) is 23.8 Å². The molecule has 0 radical (unpaired) electrons. The van der Waals surface area contributed by atoms with E-state index in [4.69, 9.17) is 15.3 Å². The Labute approximate surface area is 154 Å². The van der Waals surface area contributed by atoms with Gasteiger partial charge in [0.25, 0.3) is 0 Å². The fourth-order valence-corrected chi connectivity index (χ4v) is 1.22. The molecule has 5 N–H and O–H groups in total. The Kier molecular flexibility index (Phi) is 14.8. The number of nitrogens with zero attached hydrogens (tertiary/aromatic N) is 4. The number of carbonyl (C=O) groups excluding carboxylic acids is 2. The van der Waals surface area contributed by atoms with Crippen molar-refractivity contribution in [2.24, 2.45) is 0 Å². The molecule has 0 aliphatic carbocycles. The Morgan fingerprint density at radius 1 is 1.04 bits per heavy atom. The van der Waals surface area contributed by atoms with Crippen molar-refractivity contribution in [2.45, 2.75) is 39.5 Å². The Morgan fingerprint density at radius 3 is 1.58 bits per heavy atom. The fraction of sp³-hybridized carbons (Fsp3) is 0.429. The maximum Gasteiger partial charge on any atom is 2.00 e. The van der Waals surface area contributed by atoms with Crippen LogP contribution in [0, 0.1) is 0 Å². The van der Waals surface area contributed by atoms with E-state index in [1.54, 1.807) is 25.0 Å². The second kappa shape index (κ2) is 14.6. The number of imidazole rings is 2. The zero-order valence-corrected chi connectivity index (χ0v) is 15.8. The van der Waals surface area contributed by atoms with Gasteiger partial charge in [-0.1, -0.05) is 0 Å². The number of hydrogen-bond acceptors (Lipinski definition) is 5. The van der Waals surface area contributed by atoms with Crippen LogP contribution in [0.3, 0.4) is 0 Å². The zero-order valence-electron chi connectivity index (χ0n) is 13.5. The second-order valence-corrected chi connectivity index (χ2v) is 4.29. The number of hydrogen-bond donors (Lipinski definition) is 1. The summed E-state index contributed by atoms with van der Waals surface area (Å²) < 4.78 is 4.03. The maximum atomic E-state index is 9.86. The van der Waals surface area contributed by atoms with Gasteiger partial charge in [-0.05, 0) is 13.8 Å². The third kappa shape index (κ3) is 12.5. The molecular formula is C14H24N4O5Pt+4. The van der Waals surface area contributed by atoms with Gasteiger partial charge in [-0.2, -0.15) is 0 Å². The van der Waals surface area contributed by atoms with Crippen LogP contribution in [0.5, 0.6) is 0 Å². The molecule has 2 aromatic heterocycles. The van der Waals surface area contributed by atoms with Crippen LogP contribution < -0.4 is 0 Å². The molecule has 0 spiro atoms. The molecule has 10 heteroatoms. The molecule has 136 valence electrons. The predicted molar refractivity (Wildman–Crippen MR) is 83.7 cm³/mol. The van der Waals surface area contributed by atoms with Gasteiger partial charge in [-0.25, -0.2) is 9.97 Å². The Balaban J connectivity index is 0. The monoisotopic (exact) mass is 523 g/mol. The van der Waals surface area contributed by atoms with Crippen molar-refractivity contribution in [3.63, 3.8) is 0 Å². The van der Waals surface area contributed by atoms with E-state index in [1.165, 1.54) is 0 Å². The fourth-order valence-electron chi connectivity index (χ4n) is 1.22. The molecule has 2 heterocycles. The molecule has 2 aromatic rings. The largest absolute Gasteiger partial charge is 2.00 e.